The number of urea groups is 1. The van der Waals surface area contributed by atoms with Crippen molar-refractivity contribution in [2.45, 2.75) is 26.4 Å². The van der Waals surface area contributed by atoms with Crippen molar-refractivity contribution < 1.29 is 23.5 Å². The van der Waals surface area contributed by atoms with Gasteiger partial charge in [-0.1, -0.05) is 30.3 Å². The molecule has 1 aliphatic heterocycles. The molecule has 2 heterocycles. The highest BCUT2D eigenvalue weighted by Gasteiger charge is 2.30. The number of benzene rings is 2. The first-order valence-corrected chi connectivity index (χ1v) is 12.1. The molecule has 8 nitrogen and oxygen atoms in total. The first kappa shape index (κ1) is 24.3. The predicted octanol–water partition coefficient (Wildman–Crippen LogP) is 4.95. The lowest BCUT2D eigenvalue weighted by Gasteiger charge is -2.31. The van der Waals surface area contributed by atoms with Crippen LogP contribution >= 0.6 is 11.3 Å². The summed E-state index contributed by atoms with van der Waals surface area (Å²) in [5.74, 6) is -1.77. The lowest BCUT2D eigenvalue weighted by atomic mass is 9.98. The summed E-state index contributed by atoms with van der Waals surface area (Å²) in [6.45, 7) is 2.08. The van der Waals surface area contributed by atoms with Crippen LogP contribution in [0.2, 0.25) is 0 Å². The molecule has 10 heteroatoms. The lowest BCUT2D eigenvalue weighted by Crippen LogP contribution is -2.44. The molecular formula is C25H25FN4O4S. The van der Waals surface area contributed by atoms with Crippen LogP contribution in [0.15, 0.2) is 60.0 Å². The molecule has 2 aromatic carbocycles. The number of para-hydroxylation sites is 2. The van der Waals surface area contributed by atoms with Gasteiger partial charge in [-0.25, -0.2) is 14.2 Å². The minimum absolute atomic E-state index is 0.0783. The molecule has 0 saturated carbocycles. The van der Waals surface area contributed by atoms with E-state index < -0.39 is 17.7 Å². The number of thiazole rings is 1. The molecule has 182 valence electrons. The smallest absolute Gasteiger partial charge is 0.321 e. The molecule has 1 aromatic heterocycles. The number of hydrogen-bond donors (Lipinski definition) is 1. The van der Waals surface area contributed by atoms with Crippen LogP contribution in [0.3, 0.4) is 0 Å². The van der Waals surface area contributed by atoms with Crippen LogP contribution < -0.4 is 10.2 Å². The van der Waals surface area contributed by atoms with E-state index in [-0.39, 0.29) is 35.9 Å². The Morgan fingerprint density at radius 1 is 1.17 bits per heavy atom. The number of esters is 1. The van der Waals surface area contributed by atoms with Crippen LogP contribution in [0.25, 0.3) is 0 Å². The van der Waals surface area contributed by atoms with Gasteiger partial charge in [0, 0.05) is 31.1 Å². The van der Waals surface area contributed by atoms with Crippen molar-refractivity contribution in [1.82, 2.24) is 9.88 Å². The van der Waals surface area contributed by atoms with Gasteiger partial charge >= 0.3 is 12.0 Å². The fraction of sp³-hybridized carbons (Fsp3) is 0.280. The van der Waals surface area contributed by atoms with E-state index in [0.717, 1.165) is 11.3 Å². The third kappa shape index (κ3) is 6.02. The Hall–Kier alpha value is -3.79. The van der Waals surface area contributed by atoms with Crippen molar-refractivity contribution in [3.8, 4) is 0 Å². The second-order valence-electron chi connectivity index (χ2n) is 8.12. The van der Waals surface area contributed by atoms with Crippen molar-refractivity contribution in [1.29, 1.82) is 0 Å². The fourth-order valence-corrected chi connectivity index (χ4v) is 4.71. The van der Waals surface area contributed by atoms with E-state index in [0.29, 0.717) is 30.8 Å². The van der Waals surface area contributed by atoms with Gasteiger partial charge in [0.15, 0.2) is 5.13 Å². The Morgan fingerprint density at radius 3 is 2.66 bits per heavy atom. The average Bonchev–Trinajstić information content (AvgIpc) is 3.33. The Morgan fingerprint density at radius 2 is 1.91 bits per heavy atom. The van der Waals surface area contributed by atoms with E-state index in [1.54, 1.807) is 34.5 Å². The van der Waals surface area contributed by atoms with Crippen molar-refractivity contribution in [3.63, 3.8) is 0 Å². The number of hydrogen-bond acceptors (Lipinski definition) is 6. The molecule has 0 bridgehead atoms. The number of amides is 3. The van der Waals surface area contributed by atoms with Crippen molar-refractivity contribution >= 4 is 45.8 Å². The Kier molecular flexibility index (Phi) is 7.71. The third-order valence-corrected chi connectivity index (χ3v) is 6.44. The van der Waals surface area contributed by atoms with Gasteiger partial charge in [0.1, 0.15) is 12.4 Å². The number of rotatable bonds is 6. The SMILES string of the molecule is CC(=O)N(c1nc(COC(=O)C2CCCN(C(=O)Nc3ccccc3)C2)cs1)c1ccccc1F. The lowest BCUT2D eigenvalue weighted by molar-refractivity contribution is -0.151. The summed E-state index contributed by atoms with van der Waals surface area (Å²) in [5, 5.41) is 4.79. The summed E-state index contributed by atoms with van der Waals surface area (Å²) in [6, 6.07) is 14.8. The maximum atomic E-state index is 14.2. The van der Waals surface area contributed by atoms with E-state index in [9.17, 15) is 18.8 Å². The van der Waals surface area contributed by atoms with E-state index in [2.05, 4.69) is 10.3 Å². The second kappa shape index (κ2) is 11.1. The molecular weight excluding hydrogens is 471 g/mol. The normalized spacial score (nSPS) is 15.4. The first-order valence-electron chi connectivity index (χ1n) is 11.2. The Bertz CT molecular complexity index is 1200. The fourth-order valence-electron chi connectivity index (χ4n) is 3.85. The number of nitrogens with one attached hydrogen (secondary N) is 1. The van der Waals surface area contributed by atoms with Gasteiger partial charge in [0.2, 0.25) is 5.91 Å². The molecule has 1 aliphatic rings. The quantitative estimate of drug-likeness (QED) is 0.488. The summed E-state index contributed by atoms with van der Waals surface area (Å²) < 4.78 is 19.7. The maximum Gasteiger partial charge on any atom is 0.321 e. The van der Waals surface area contributed by atoms with Gasteiger partial charge in [-0.3, -0.25) is 14.5 Å². The number of halogens is 1. The zero-order valence-corrected chi connectivity index (χ0v) is 20.0. The monoisotopic (exact) mass is 496 g/mol. The molecule has 1 saturated heterocycles. The number of anilines is 3. The highest BCUT2D eigenvalue weighted by molar-refractivity contribution is 7.14. The minimum Gasteiger partial charge on any atom is -0.459 e. The largest absolute Gasteiger partial charge is 0.459 e. The number of carbonyl (C=O) groups is 3. The minimum atomic E-state index is -0.538. The highest BCUT2D eigenvalue weighted by atomic mass is 32.1. The van der Waals surface area contributed by atoms with Gasteiger partial charge in [-0.05, 0) is 37.1 Å². The molecule has 3 aromatic rings. The van der Waals surface area contributed by atoms with Gasteiger partial charge in [0.25, 0.3) is 0 Å². The molecule has 1 atom stereocenters. The number of nitrogens with zero attached hydrogens (tertiary/aromatic N) is 3. The predicted molar refractivity (Wildman–Crippen MR) is 131 cm³/mol. The number of ether oxygens (including phenoxy) is 1. The van der Waals surface area contributed by atoms with Crippen LogP contribution in [0, 0.1) is 11.7 Å². The summed E-state index contributed by atoms with van der Waals surface area (Å²) in [5.41, 5.74) is 1.25. The van der Waals surface area contributed by atoms with Crippen LogP contribution in [0.1, 0.15) is 25.5 Å². The Balaban J connectivity index is 1.34. The summed E-state index contributed by atoms with van der Waals surface area (Å²) in [7, 11) is 0. The van der Waals surface area contributed by atoms with Crippen LogP contribution in [0.4, 0.5) is 25.7 Å². The van der Waals surface area contributed by atoms with Gasteiger partial charge in [-0.2, -0.15) is 0 Å². The third-order valence-electron chi connectivity index (χ3n) is 5.57. The van der Waals surface area contributed by atoms with Crippen molar-refractivity contribution in [2.24, 2.45) is 5.92 Å². The molecule has 35 heavy (non-hydrogen) atoms. The zero-order valence-electron chi connectivity index (χ0n) is 19.1. The number of likely N-dealkylation sites (tertiary alicyclic amines) is 1. The molecule has 4 rings (SSSR count). The summed E-state index contributed by atoms with van der Waals surface area (Å²) in [6.07, 6.45) is 1.32. The molecule has 1 unspecified atom stereocenters. The molecule has 0 spiro atoms. The number of aromatic nitrogens is 1. The average molecular weight is 497 g/mol. The first-order chi connectivity index (χ1) is 16.9. The van der Waals surface area contributed by atoms with E-state index >= 15 is 0 Å². The molecule has 0 radical (unpaired) electrons. The second-order valence-corrected chi connectivity index (χ2v) is 8.95. The van der Waals surface area contributed by atoms with E-state index in [1.807, 2.05) is 18.2 Å². The topological polar surface area (TPSA) is 91.8 Å². The zero-order chi connectivity index (χ0) is 24.8. The van der Waals surface area contributed by atoms with Crippen LogP contribution in [-0.2, 0) is 20.9 Å². The standard InChI is InChI=1S/C25H25FN4O4S/c1-17(31)30(22-12-6-5-11-21(22)26)25-28-20(16-35-25)15-34-23(32)18-8-7-13-29(14-18)24(33)27-19-9-3-2-4-10-19/h2-6,9-12,16,18H,7-8,13-15H2,1H3,(H,27,33). The van der Waals surface area contributed by atoms with Gasteiger partial charge in [0.05, 0.1) is 17.3 Å². The summed E-state index contributed by atoms with van der Waals surface area (Å²) in [4.78, 5) is 44.6. The van der Waals surface area contributed by atoms with Crippen LogP contribution in [0.5, 0.6) is 0 Å². The Labute approximate surface area is 206 Å². The molecule has 0 aliphatic carbocycles. The molecule has 1 fully saturated rings. The molecule has 1 N–H and O–H groups in total. The highest BCUT2D eigenvalue weighted by Crippen LogP contribution is 2.31. The van der Waals surface area contributed by atoms with Crippen molar-refractivity contribution in [3.05, 3.63) is 71.5 Å². The number of piperidine rings is 1. The number of carbonyl (C=O) groups excluding carboxylic acids is 3. The van der Waals surface area contributed by atoms with Gasteiger partial charge < -0.3 is 15.0 Å². The van der Waals surface area contributed by atoms with Crippen LogP contribution in [-0.4, -0.2) is 40.9 Å². The van der Waals surface area contributed by atoms with E-state index in [1.165, 1.54) is 24.0 Å². The molecule has 3 amide bonds. The summed E-state index contributed by atoms with van der Waals surface area (Å²) >= 11 is 1.16. The van der Waals surface area contributed by atoms with E-state index in [4.69, 9.17) is 4.74 Å². The van der Waals surface area contributed by atoms with Gasteiger partial charge in [-0.15, -0.1) is 11.3 Å². The maximum absolute atomic E-state index is 14.2. The van der Waals surface area contributed by atoms with Crippen molar-refractivity contribution in [2.75, 3.05) is 23.3 Å².